The number of esters is 1. The Bertz CT molecular complexity index is 599. The van der Waals surface area contributed by atoms with Gasteiger partial charge in [0.1, 0.15) is 5.75 Å². The third-order valence-electron chi connectivity index (χ3n) is 2.86. The summed E-state index contributed by atoms with van der Waals surface area (Å²) < 4.78 is 5.21. The summed E-state index contributed by atoms with van der Waals surface area (Å²) in [5.41, 5.74) is 0.459. The summed E-state index contributed by atoms with van der Waals surface area (Å²) in [5.74, 6) is -0.589. The molecule has 0 radical (unpaired) electrons. The molecule has 1 heterocycles. The van der Waals surface area contributed by atoms with E-state index < -0.39 is 5.92 Å². The van der Waals surface area contributed by atoms with E-state index in [0.29, 0.717) is 11.3 Å². The number of rotatable bonds is 5. The van der Waals surface area contributed by atoms with E-state index in [1.54, 1.807) is 49.5 Å². The Hall–Kier alpha value is -2.69. The number of carbonyl (C=O) groups excluding carboxylic acids is 2. The van der Waals surface area contributed by atoms with Gasteiger partial charge in [0.05, 0.1) is 11.5 Å². The number of benzene rings is 1. The van der Waals surface area contributed by atoms with Gasteiger partial charge in [0.15, 0.2) is 0 Å². The summed E-state index contributed by atoms with van der Waals surface area (Å²) in [6.07, 6.45) is 3.07. The van der Waals surface area contributed by atoms with Crippen LogP contribution in [0.5, 0.6) is 5.75 Å². The van der Waals surface area contributed by atoms with Crippen LogP contribution in [0.2, 0.25) is 0 Å². The van der Waals surface area contributed by atoms with Gasteiger partial charge < -0.3 is 10.1 Å². The van der Waals surface area contributed by atoms with Gasteiger partial charge >= 0.3 is 5.97 Å². The lowest BCUT2D eigenvalue weighted by Crippen LogP contribution is -2.33. The molecule has 1 N–H and O–H groups in total. The number of amides is 1. The summed E-state index contributed by atoms with van der Waals surface area (Å²) in [7, 11) is 0. The normalized spacial score (nSPS) is 11.5. The first-order chi connectivity index (χ1) is 10.2. The number of hydrogen-bond acceptors (Lipinski definition) is 4. The number of aromatic nitrogens is 1. The topological polar surface area (TPSA) is 68.3 Å². The van der Waals surface area contributed by atoms with Crippen LogP contribution in [-0.2, 0) is 4.79 Å². The van der Waals surface area contributed by atoms with Crippen LogP contribution in [0.15, 0.2) is 54.9 Å². The van der Waals surface area contributed by atoms with Crippen molar-refractivity contribution in [1.82, 2.24) is 10.3 Å². The molecule has 1 atom stereocenters. The van der Waals surface area contributed by atoms with Crippen LogP contribution in [0.1, 0.15) is 17.3 Å². The monoisotopic (exact) mass is 284 g/mol. The number of nitrogens with one attached hydrogen (secondary N) is 1. The molecule has 0 aliphatic heterocycles. The molecule has 0 saturated carbocycles. The molecule has 0 aliphatic carbocycles. The Morgan fingerprint density at radius 2 is 1.95 bits per heavy atom. The Balaban J connectivity index is 1.83. The standard InChI is InChI=1S/C16H16N2O3/c1-12(16(20)21-14-7-3-2-4-8-14)10-18-15(19)13-6-5-9-17-11-13/h2-9,11-12H,10H2,1H3,(H,18,19). The van der Waals surface area contributed by atoms with Gasteiger partial charge in [-0.3, -0.25) is 14.6 Å². The predicted molar refractivity (Wildman–Crippen MR) is 77.8 cm³/mol. The second kappa shape index (κ2) is 7.19. The third-order valence-corrected chi connectivity index (χ3v) is 2.86. The average molecular weight is 284 g/mol. The SMILES string of the molecule is CC(CNC(=O)c1cccnc1)C(=O)Oc1ccccc1. The van der Waals surface area contributed by atoms with E-state index in [4.69, 9.17) is 4.74 Å². The summed E-state index contributed by atoms with van der Waals surface area (Å²) >= 11 is 0. The Morgan fingerprint density at radius 1 is 1.19 bits per heavy atom. The van der Waals surface area contributed by atoms with Crippen molar-refractivity contribution < 1.29 is 14.3 Å². The fourth-order valence-corrected chi connectivity index (χ4v) is 1.63. The minimum Gasteiger partial charge on any atom is -0.426 e. The number of ether oxygens (including phenoxy) is 1. The smallest absolute Gasteiger partial charge is 0.315 e. The van der Waals surface area contributed by atoms with Crippen molar-refractivity contribution in [2.45, 2.75) is 6.92 Å². The first kappa shape index (κ1) is 14.7. The van der Waals surface area contributed by atoms with Crippen molar-refractivity contribution in [3.63, 3.8) is 0 Å². The lowest BCUT2D eigenvalue weighted by atomic mass is 10.2. The zero-order valence-corrected chi connectivity index (χ0v) is 11.7. The molecule has 0 spiro atoms. The zero-order chi connectivity index (χ0) is 15.1. The van der Waals surface area contributed by atoms with Crippen LogP contribution < -0.4 is 10.1 Å². The Morgan fingerprint density at radius 3 is 2.62 bits per heavy atom. The van der Waals surface area contributed by atoms with E-state index in [1.165, 1.54) is 6.20 Å². The molecule has 0 bridgehead atoms. The Labute approximate surface area is 123 Å². The minimum atomic E-state index is -0.439. The molecule has 5 nitrogen and oxygen atoms in total. The van der Waals surface area contributed by atoms with Gasteiger partial charge in [0.25, 0.3) is 5.91 Å². The molecule has 2 rings (SSSR count). The third kappa shape index (κ3) is 4.42. The van der Waals surface area contributed by atoms with Gasteiger partial charge in [-0.1, -0.05) is 25.1 Å². The summed E-state index contributed by atoms with van der Waals surface area (Å²) in [4.78, 5) is 27.6. The first-order valence-electron chi connectivity index (χ1n) is 6.62. The van der Waals surface area contributed by atoms with Crippen molar-refractivity contribution in [2.24, 2.45) is 5.92 Å². The lowest BCUT2D eigenvalue weighted by molar-refractivity contribution is -0.138. The highest BCUT2D eigenvalue weighted by atomic mass is 16.5. The Kier molecular flexibility index (Phi) is 5.04. The zero-order valence-electron chi connectivity index (χ0n) is 11.7. The summed E-state index contributed by atoms with van der Waals surface area (Å²) in [5, 5.41) is 2.69. The molecule has 1 aromatic carbocycles. The van der Waals surface area contributed by atoms with Crippen molar-refractivity contribution in [3.05, 3.63) is 60.4 Å². The maximum absolute atomic E-state index is 11.9. The van der Waals surface area contributed by atoms with E-state index in [-0.39, 0.29) is 18.4 Å². The number of pyridine rings is 1. The number of carbonyl (C=O) groups is 2. The van der Waals surface area contributed by atoms with Crippen LogP contribution in [0.25, 0.3) is 0 Å². The predicted octanol–water partition coefficient (Wildman–Crippen LogP) is 2.05. The second-order valence-corrected chi connectivity index (χ2v) is 4.59. The molecule has 0 saturated heterocycles. The lowest BCUT2D eigenvalue weighted by Gasteiger charge is -2.12. The molecule has 1 aromatic heterocycles. The molecule has 0 aliphatic rings. The maximum Gasteiger partial charge on any atom is 0.315 e. The van der Waals surface area contributed by atoms with Crippen molar-refractivity contribution in [3.8, 4) is 5.75 Å². The highest BCUT2D eigenvalue weighted by molar-refractivity contribution is 5.94. The van der Waals surface area contributed by atoms with Crippen LogP contribution in [0.4, 0.5) is 0 Å². The molecule has 108 valence electrons. The molecule has 2 aromatic rings. The van der Waals surface area contributed by atoms with Gasteiger partial charge in [0, 0.05) is 18.9 Å². The van der Waals surface area contributed by atoms with E-state index in [9.17, 15) is 9.59 Å². The fraction of sp³-hybridized carbons (Fsp3) is 0.188. The summed E-state index contributed by atoms with van der Waals surface area (Å²) in [6, 6.07) is 12.2. The maximum atomic E-state index is 11.9. The van der Waals surface area contributed by atoms with Crippen LogP contribution in [0.3, 0.4) is 0 Å². The van der Waals surface area contributed by atoms with Gasteiger partial charge in [-0.25, -0.2) is 0 Å². The van der Waals surface area contributed by atoms with Gasteiger partial charge in [0.2, 0.25) is 0 Å². The van der Waals surface area contributed by atoms with Crippen molar-refractivity contribution >= 4 is 11.9 Å². The molecule has 0 fully saturated rings. The molecular weight excluding hydrogens is 268 g/mol. The highest BCUT2D eigenvalue weighted by Gasteiger charge is 2.16. The first-order valence-corrected chi connectivity index (χ1v) is 6.62. The fourth-order valence-electron chi connectivity index (χ4n) is 1.63. The second-order valence-electron chi connectivity index (χ2n) is 4.59. The number of hydrogen-bond donors (Lipinski definition) is 1. The van der Waals surface area contributed by atoms with E-state index in [0.717, 1.165) is 0 Å². The average Bonchev–Trinajstić information content (AvgIpc) is 2.54. The highest BCUT2D eigenvalue weighted by Crippen LogP contribution is 2.10. The molecule has 5 heteroatoms. The molecule has 21 heavy (non-hydrogen) atoms. The molecule has 1 unspecified atom stereocenters. The molecular formula is C16H16N2O3. The van der Waals surface area contributed by atoms with Crippen LogP contribution in [0, 0.1) is 5.92 Å². The molecule has 1 amide bonds. The largest absolute Gasteiger partial charge is 0.426 e. The van der Waals surface area contributed by atoms with Gasteiger partial charge in [-0.15, -0.1) is 0 Å². The number of nitrogens with zero attached hydrogens (tertiary/aromatic N) is 1. The van der Waals surface area contributed by atoms with Crippen molar-refractivity contribution in [2.75, 3.05) is 6.54 Å². The van der Waals surface area contributed by atoms with Crippen LogP contribution in [-0.4, -0.2) is 23.4 Å². The van der Waals surface area contributed by atoms with Crippen molar-refractivity contribution in [1.29, 1.82) is 0 Å². The van der Waals surface area contributed by atoms with E-state index in [2.05, 4.69) is 10.3 Å². The van der Waals surface area contributed by atoms with Gasteiger partial charge in [-0.05, 0) is 24.3 Å². The quantitative estimate of drug-likeness (QED) is 0.674. The van der Waals surface area contributed by atoms with E-state index >= 15 is 0 Å². The minimum absolute atomic E-state index is 0.208. The number of para-hydroxylation sites is 1. The van der Waals surface area contributed by atoms with Crippen LogP contribution >= 0.6 is 0 Å². The summed E-state index contributed by atoms with van der Waals surface area (Å²) in [6.45, 7) is 1.91. The van der Waals surface area contributed by atoms with Gasteiger partial charge in [-0.2, -0.15) is 0 Å². The van der Waals surface area contributed by atoms with E-state index in [1.807, 2.05) is 6.07 Å².